The van der Waals surface area contributed by atoms with Crippen LogP contribution < -0.4 is 0 Å². The molecule has 0 saturated carbocycles. The lowest BCUT2D eigenvalue weighted by molar-refractivity contribution is -0.135. The summed E-state index contributed by atoms with van der Waals surface area (Å²) in [5.41, 5.74) is 5.13. The third-order valence-corrected chi connectivity index (χ3v) is 7.89. The van der Waals surface area contributed by atoms with Gasteiger partial charge in [0.15, 0.2) is 9.84 Å². The zero-order valence-corrected chi connectivity index (χ0v) is 20.0. The molecular weight excluding hydrogens is 475 g/mol. The van der Waals surface area contributed by atoms with Crippen LogP contribution >= 0.6 is 11.6 Å². The Bertz CT molecular complexity index is 1420. The first kappa shape index (κ1) is 23.9. The van der Waals surface area contributed by atoms with Gasteiger partial charge in [-0.2, -0.15) is 0 Å². The minimum absolute atomic E-state index is 0.0194. The van der Waals surface area contributed by atoms with Crippen molar-refractivity contribution in [3.8, 4) is 0 Å². The SMILES string of the molecule is CC1=C(CC(=O)O)c2cc(F)ccc2/C1=C\c1ccc(S(=O)(=O)CCc2ccc(Cl)cc2)cc1. The Morgan fingerprint density at radius 1 is 1.00 bits per heavy atom. The Kier molecular flexibility index (Phi) is 6.73. The average molecular weight is 497 g/mol. The summed E-state index contributed by atoms with van der Waals surface area (Å²) in [5, 5.41) is 9.89. The smallest absolute Gasteiger partial charge is 0.307 e. The number of benzene rings is 3. The van der Waals surface area contributed by atoms with E-state index in [1.807, 2.05) is 25.1 Å². The fourth-order valence-corrected chi connectivity index (χ4v) is 5.51. The third-order valence-electron chi connectivity index (χ3n) is 5.90. The van der Waals surface area contributed by atoms with E-state index in [0.29, 0.717) is 22.6 Å². The number of carbonyl (C=O) groups is 1. The molecule has 0 spiro atoms. The topological polar surface area (TPSA) is 71.4 Å². The normalized spacial score (nSPS) is 14.5. The highest BCUT2D eigenvalue weighted by Crippen LogP contribution is 2.43. The highest BCUT2D eigenvalue weighted by atomic mass is 35.5. The zero-order valence-electron chi connectivity index (χ0n) is 18.4. The number of aliphatic carboxylic acids is 1. The van der Waals surface area contributed by atoms with Crippen LogP contribution in [0.15, 0.2) is 77.2 Å². The van der Waals surface area contributed by atoms with Gasteiger partial charge in [0, 0.05) is 5.02 Å². The van der Waals surface area contributed by atoms with Crippen molar-refractivity contribution < 1.29 is 22.7 Å². The van der Waals surface area contributed by atoms with E-state index in [4.69, 9.17) is 11.6 Å². The predicted molar refractivity (Wildman–Crippen MR) is 133 cm³/mol. The van der Waals surface area contributed by atoms with Crippen molar-refractivity contribution >= 4 is 44.6 Å². The standard InChI is InChI=1S/C27H22ClFO4S/c1-17-24(23-11-8-21(29)15-26(23)25(17)16-27(30)31)14-19-4-9-22(10-5-19)34(32,33)13-12-18-2-6-20(28)7-3-18/h2-11,14-15H,12-13,16H2,1H3,(H,30,31)/b24-14-. The van der Waals surface area contributed by atoms with Crippen molar-refractivity contribution in [2.24, 2.45) is 0 Å². The molecule has 0 aliphatic heterocycles. The van der Waals surface area contributed by atoms with E-state index in [-0.39, 0.29) is 17.1 Å². The maximum atomic E-state index is 13.8. The van der Waals surface area contributed by atoms with Crippen LogP contribution in [0.2, 0.25) is 5.02 Å². The largest absolute Gasteiger partial charge is 0.481 e. The fourth-order valence-electron chi connectivity index (χ4n) is 4.09. The van der Waals surface area contributed by atoms with E-state index in [0.717, 1.165) is 27.8 Å². The molecule has 0 unspecified atom stereocenters. The number of halogens is 2. The number of hydrogen-bond donors (Lipinski definition) is 1. The van der Waals surface area contributed by atoms with Crippen molar-refractivity contribution in [2.75, 3.05) is 5.75 Å². The second-order valence-corrected chi connectivity index (χ2v) is 10.7. The van der Waals surface area contributed by atoms with Gasteiger partial charge in [-0.05, 0) is 94.8 Å². The number of rotatable bonds is 7. The number of allylic oxidation sites excluding steroid dienone is 2. The molecule has 0 heterocycles. The van der Waals surface area contributed by atoms with Crippen LogP contribution in [0, 0.1) is 5.82 Å². The van der Waals surface area contributed by atoms with Gasteiger partial charge in [0.2, 0.25) is 0 Å². The van der Waals surface area contributed by atoms with Gasteiger partial charge in [-0.3, -0.25) is 4.79 Å². The van der Waals surface area contributed by atoms with Crippen LogP contribution in [0.5, 0.6) is 0 Å². The second-order valence-electron chi connectivity index (χ2n) is 8.19. The third kappa shape index (κ3) is 5.13. The number of fused-ring (bicyclic) bond motifs is 1. The monoisotopic (exact) mass is 496 g/mol. The molecule has 1 aliphatic carbocycles. The second kappa shape index (κ2) is 9.57. The lowest BCUT2D eigenvalue weighted by Crippen LogP contribution is -2.09. The molecule has 0 amide bonds. The first-order valence-corrected chi connectivity index (χ1v) is 12.7. The Hall–Kier alpha value is -3.22. The van der Waals surface area contributed by atoms with Crippen molar-refractivity contribution in [1.82, 2.24) is 0 Å². The van der Waals surface area contributed by atoms with Crippen LogP contribution in [0.1, 0.15) is 35.6 Å². The molecule has 3 aromatic carbocycles. The van der Waals surface area contributed by atoms with E-state index >= 15 is 0 Å². The number of aryl methyl sites for hydroxylation is 1. The lowest BCUT2D eigenvalue weighted by atomic mass is 10.0. The molecule has 0 fully saturated rings. The van der Waals surface area contributed by atoms with Gasteiger partial charge < -0.3 is 5.11 Å². The van der Waals surface area contributed by atoms with Crippen molar-refractivity contribution in [3.05, 3.63) is 105 Å². The van der Waals surface area contributed by atoms with Gasteiger partial charge in [0.05, 0.1) is 17.1 Å². The van der Waals surface area contributed by atoms with E-state index in [1.165, 1.54) is 12.1 Å². The van der Waals surface area contributed by atoms with E-state index in [9.17, 15) is 22.7 Å². The molecule has 1 N–H and O–H groups in total. The minimum Gasteiger partial charge on any atom is -0.481 e. The zero-order chi connectivity index (χ0) is 24.5. The highest BCUT2D eigenvalue weighted by Gasteiger charge is 2.25. The molecule has 3 aromatic rings. The molecule has 1 aliphatic rings. The van der Waals surface area contributed by atoms with Gasteiger partial charge in [0.25, 0.3) is 0 Å². The molecule has 0 radical (unpaired) electrons. The van der Waals surface area contributed by atoms with Gasteiger partial charge in [-0.25, -0.2) is 12.8 Å². The first-order valence-electron chi connectivity index (χ1n) is 10.7. The lowest BCUT2D eigenvalue weighted by Gasteiger charge is -2.07. The molecule has 0 saturated heterocycles. The van der Waals surface area contributed by atoms with Gasteiger partial charge in [-0.15, -0.1) is 0 Å². The maximum absolute atomic E-state index is 13.8. The van der Waals surface area contributed by atoms with Crippen LogP contribution in [-0.4, -0.2) is 25.2 Å². The summed E-state index contributed by atoms with van der Waals surface area (Å²) in [6.45, 7) is 1.82. The first-order chi connectivity index (χ1) is 16.1. The summed E-state index contributed by atoms with van der Waals surface area (Å²) in [4.78, 5) is 11.6. The number of carboxylic acid groups (broad SMARTS) is 1. The molecule has 0 atom stereocenters. The highest BCUT2D eigenvalue weighted by molar-refractivity contribution is 7.91. The molecular formula is C27H22ClFO4S. The van der Waals surface area contributed by atoms with E-state index in [2.05, 4.69) is 0 Å². The quantitative estimate of drug-likeness (QED) is 0.416. The van der Waals surface area contributed by atoms with E-state index < -0.39 is 21.6 Å². The van der Waals surface area contributed by atoms with Crippen molar-refractivity contribution in [1.29, 1.82) is 0 Å². The summed E-state index contributed by atoms with van der Waals surface area (Å²) < 4.78 is 39.4. The molecule has 4 nitrogen and oxygen atoms in total. The summed E-state index contributed by atoms with van der Waals surface area (Å²) in [5.74, 6) is -1.43. The molecule has 7 heteroatoms. The van der Waals surface area contributed by atoms with Crippen molar-refractivity contribution in [3.63, 3.8) is 0 Å². The Balaban J connectivity index is 1.59. The van der Waals surface area contributed by atoms with Gasteiger partial charge in [-0.1, -0.05) is 41.9 Å². The molecule has 0 bridgehead atoms. The minimum atomic E-state index is -3.47. The summed E-state index contributed by atoms with van der Waals surface area (Å²) in [7, 11) is -3.47. The van der Waals surface area contributed by atoms with Gasteiger partial charge in [0.1, 0.15) is 5.82 Å². The van der Waals surface area contributed by atoms with Gasteiger partial charge >= 0.3 is 5.97 Å². The van der Waals surface area contributed by atoms with Crippen LogP contribution in [-0.2, 0) is 21.1 Å². The van der Waals surface area contributed by atoms with Crippen LogP contribution in [0.3, 0.4) is 0 Å². The molecule has 4 rings (SSSR count). The fraction of sp³-hybridized carbons (Fsp3) is 0.148. The average Bonchev–Trinajstić information content (AvgIpc) is 3.04. The van der Waals surface area contributed by atoms with Crippen molar-refractivity contribution in [2.45, 2.75) is 24.7 Å². The Morgan fingerprint density at radius 2 is 1.68 bits per heavy atom. The summed E-state index contributed by atoms with van der Waals surface area (Å²) in [6.07, 6.45) is 2.05. The number of hydrogen-bond acceptors (Lipinski definition) is 3. The Morgan fingerprint density at radius 3 is 2.32 bits per heavy atom. The molecule has 174 valence electrons. The molecule has 0 aromatic heterocycles. The summed E-state index contributed by atoms with van der Waals surface area (Å²) in [6, 6.07) is 18.0. The maximum Gasteiger partial charge on any atom is 0.307 e. The molecule has 34 heavy (non-hydrogen) atoms. The Labute approximate surface area is 202 Å². The number of carboxylic acids is 1. The van der Waals surface area contributed by atoms with E-state index in [1.54, 1.807) is 42.5 Å². The summed E-state index contributed by atoms with van der Waals surface area (Å²) >= 11 is 5.88. The van der Waals surface area contributed by atoms with Crippen LogP contribution in [0.25, 0.3) is 17.2 Å². The van der Waals surface area contributed by atoms with Crippen LogP contribution in [0.4, 0.5) is 4.39 Å². The number of sulfone groups is 1. The predicted octanol–water partition coefficient (Wildman–Crippen LogP) is 6.30.